The summed E-state index contributed by atoms with van der Waals surface area (Å²) in [5.74, 6) is -0.663. The predicted octanol–water partition coefficient (Wildman–Crippen LogP) is 0.784. The molecule has 2 heterocycles. The number of benzene rings is 1. The number of nitro groups is 1. The molecule has 146 valence electrons. The maximum Gasteiger partial charge on any atom is 0.270 e. The van der Waals surface area contributed by atoms with Crippen LogP contribution in [0.1, 0.15) is 15.2 Å². The monoisotopic (exact) mass is 401 g/mol. The molecule has 2 amide bonds. The van der Waals surface area contributed by atoms with Crippen LogP contribution in [0.3, 0.4) is 0 Å². The Morgan fingerprint density at radius 3 is 2.64 bits per heavy atom. The fourth-order valence-electron chi connectivity index (χ4n) is 2.90. The number of quaternary nitrogens is 1. The average Bonchev–Trinajstić information content (AvgIpc) is 3.22. The normalized spacial score (nSPS) is 15.3. The SMILES string of the molecule is C[NH+]1CCN(C(=O)C(=Cc2cccc([N+](=O)[O-])c2)NC(=O)c2cccs2)CC1. The molecule has 0 bridgehead atoms. The van der Waals surface area contributed by atoms with Gasteiger partial charge in [-0.3, -0.25) is 19.7 Å². The molecule has 0 spiro atoms. The first kappa shape index (κ1) is 19.7. The van der Waals surface area contributed by atoms with Gasteiger partial charge >= 0.3 is 0 Å². The molecule has 1 fully saturated rings. The largest absolute Gasteiger partial charge is 0.334 e. The molecule has 0 aliphatic carbocycles. The molecule has 0 atom stereocenters. The van der Waals surface area contributed by atoms with Gasteiger partial charge in [-0.25, -0.2) is 0 Å². The Balaban J connectivity index is 1.89. The highest BCUT2D eigenvalue weighted by Gasteiger charge is 2.25. The number of nitrogens with one attached hydrogen (secondary N) is 2. The van der Waals surface area contributed by atoms with Crippen LogP contribution in [0.2, 0.25) is 0 Å². The van der Waals surface area contributed by atoms with E-state index in [1.54, 1.807) is 34.5 Å². The van der Waals surface area contributed by atoms with Crippen molar-refractivity contribution < 1.29 is 19.4 Å². The van der Waals surface area contributed by atoms with E-state index in [2.05, 4.69) is 12.4 Å². The lowest BCUT2D eigenvalue weighted by molar-refractivity contribution is -0.883. The highest BCUT2D eigenvalue weighted by molar-refractivity contribution is 7.12. The van der Waals surface area contributed by atoms with Crippen molar-refractivity contribution in [1.82, 2.24) is 10.2 Å². The van der Waals surface area contributed by atoms with Crippen LogP contribution in [0, 0.1) is 10.1 Å². The molecule has 8 nitrogen and oxygen atoms in total. The van der Waals surface area contributed by atoms with E-state index in [0.717, 1.165) is 13.1 Å². The molecule has 1 saturated heterocycles. The second kappa shape index (κ2) is 8.77. The third kappa shape index (κ3) is 4.81. The highest BCUT2D eigenvalue weighted by Crippen LogP contribution is 2.17. The summed E-state index contributed by atoms with van der Waals surface area (Å²) in [6.45, 7) is 2.83. The molecule has 1 aromatic heterocycles. The Morgan fingerprint density at radius 2 is 2.00 bits per heavy atom. The third-order valence-electron chi connectivity index (χ3n) is 4.52. The summed E-state index contributed by atoms with van der Waals surface area (Å²) < 4.78 is 0. The van der Waals surface area contributed by atoms with Crippen LogP contribution in [0.25, 0.3) is 6.08 Å². The lowest BCUT2D eigenvalue weighted by Crippen LogP contribution is -3.12. The highest BCUT2D eigenvalue weighted by atomic mass is 32.1. The molecule has 2 aromatic rings. The Hall–Kier alpha value is -3.04. The second-order valence-corrected chi connectivity index (χ2v) is 7.54. The molecule has 3 rings (SSSR count). The van der Waals surface area contributed by atoms with Crippen molar-refractivity contribution in [2.75, 3.05) is 33.2 Å². The predicted molar refractivity (Wildman–Crippen MR) is 106 cm³/mol. The molecule has 9 heteroatoms. The number of carbonyl (C=O) groups is 2. The number of carbonyl (C=O) groups excluding carboxylic acids is 2. The van der Waals surface area contributed by atoms with Gasteiger partial charge in [-0.1, -0.05) is 18.2 Å². The Kier molecular flexibility index (Phi) is 6.17. The maximum absolute atomic E-state index is 13.0. The molecule has 1 aromatic carbocycles. The van der Waals surface area contributed by atoms with Gasteiger partial charge in [0, 0.05) is 12.1 Å². The van der Waals surface area contributed by atoms with Crippen LogP contribution in [-0.2, 0) is 4.79 Å². The van der Waals surface area contributed by atoms with Crippen molar-refractivity contribution in [1.29, 1.82) is 0 Å². The van der Waals surface area contributed by atoms with E-state index in [9.17, 15) is 19.7 Å². The first-order valence-corrected chi connectivity index (χ1v) is 9.73. The molecule has 0 saturated carbocycles. The zero-order chi connectivity index (χ0) is 20.1. The average molecular weight is 401 g/mol. The van der Waals surface area contributed by atoms with Crippen molar-refractivity contribution in [3.63, 3.8) is 0 Å². The van der Waals surface area contributed by atoms with E-state index in [-0.39, 0.29) is 23.2 Å². The van der Waals surface area contributed by atoms with E-state index >= 15 is 0 Å². The maximum atomic E-state index is 13.0. The summed E-state index contributed by atoms with van der Waals surface area (Å²) in [6, 6.07) is 9.40. The summed E-state index contributed by atoms with van der Waals surface area (Å²) in [7, 11) is 2.07. The number of nitrogens with zero attached hydrogens (tertiary/aromatic N) is 2. The number of non-ortho nitro benzene ring substituents is 1. The van der Waals surface area contributed by atoms with Crippen molar-refractivity contribution in [3.05, 3.63) is 68.0 Å². The first-order chi connectivity index (χ1) is 13.4. The quantitative estimate of drug-likeness (QED) is 0.440. The van der Waals surface area contributed by atoms with Gasteiger partial charge in [-0.15, -0.1) is 11.3 Å². The van der Waals surface area contributed by atoms with Gasteiger partial charge in [-0.2, -0.15) is 0 Å². The molecule has 28 heavy (non-hydrogen) atoms. The van der Waals surface area contributed by atoms with E-state index in [4.69, 9.17) is 0 Å². The van der Waals surface area contributed by atoms with Crippen LogP contribution in [0.4, 0.5) is 5.69 Å². The molecule has 0 radical (unpaired) electrons. The molecule has 2 N–H and O–H groups in total. The van der Waals surface area contributed by atoms with Crippen LogP contribution in [-0.4, -0.2) is 54.9 Å². The minimum atomic E-state index is -0.494. The van der Waals surface area contributed by atoms with Gasteiger partial charge in [0.25, 0.3) is 17.5 Å². The van der Waals surface area contributed by atoms with Gasteiger partial charge in [0.05, 0.1) is 43.0 Å². The van der Waals surface area contributed by atoms with E-state index in [1.165, 1.54) is 34.4 Å². The van der Waals surface area contributed by atoms with Crippen LogP contribution >= 0.6 is 11.3 Å². The Morgan fingerprint density at radius 1 is 1.25 bits per heavy atom. The Bertz CT molecular complexity index is 902. The lowest BCUT2D eigenvalue weighted by Gasteiger charge is -2.30. The van der Waals surface area contributed by atoms with Gasteiger partial charge < -0.3 is 15.1 Å². The number of thiophene rings is 1. The van der Waals surface area contributed by atoms with Crippen molar-refractivity contribution in [2.24, 2.45) is 0 Å². The third-order valence-corrected chi connectivity index (χ3v) is 5.39. The topological polar surface area (TPSA) is 97.0 Å². The number of likely N-dealkylation sites (N-methyl/N-ethyl adjacent to an activating group) is 1. The number of hydrogen-bond donors (Lipinski definition) is 2. The minimum absolute atomic E-state index is 0.0756. The van der Waals surface area contributed by atoms with Gasteiger partial charge in [-0.05, 0) is 23.1 Å². The summed E-state index contributed by atoms with van der Waals surface area (Å²) >= 11 is 1.28. The summed E-state index contributed by atoms with van der Waals surface area (Å²) in [5.41, 5.74) is 0.510. The number of nitro benzene ring substituents is 1. The van der Waals surface area contributed by atoms with E-state index < -0.39 is 4.92 Å². The lowest BCUT2D eigenvalue weighted by atomic mass is 10.1. The number of rotatable bonds is 5. The smallest absolute Gasteiger partial charge is 0.270 e. The number of amides is 2. The van der Waals surface area contributed by atoms with Crippen molar-refractivity contribution in [2.45, 2.75) is 0 Å². The standard InChI is InChI=1S/C19H20N4O4S/c1-21-7-9-22(10-8-21)19(25)16(20-18(24)17-6-3-11-28-17)13-14-4-2-5-15(12-14)23(26)27/h2-6,11-13H,7-10H2,1H3,(H,20,24)/p+1. The Labute approximate surface area is 166 Å². The van der Waals surface area contributed by atoms with Crippen molar-refractivity contribution in [3.8, 4) is 0 Å². The summed E-state index contributed by atoms with van der Waals surface area (Å²) in [4.78, 5) is 39.6. The molecule has 0 unspecified atom stereocenters. The second-order valence-electron chi connectivity index (χ2n) is 6.59. The van der Waals surface area contributed by atoms with Crippen LogP contribution in [0.5, 0.6) is 0 Å². The zero-order valence-corrected chi connectivity index (χ0v) is 16.2. The summed E-state index contributed by atoms with van der Waals surface area (Å²) in [6.07, 6.45) is 1.49. The minimum Gasteiger partial charge on any atom is -0.334 e. The molecule has 1 aliphatic heterocycles. The zero-order valence-electron chi connectivity index (χ0n) is 15.4. The first-order valence-electron chi connectivity index (χ1n) is 8.85. The molecular formula is C19H21N4O4S+. The fraction of sp³-hybridized carbons (Fsp3) is 0.263. The van der Waals surface area contributed by atoms with E-state index in [0.29, 0.717) is 23.5 Å². The fourth-order valence-corrected chi connectivity index (χ4v) is 3.52. The molecular weight excluding hydrogens is 380 g/mol. The van der Waals surface area contributed by atoms with Crippen LogP contribution < -0.4 is 10.2 Å². The molecule has 1 aliphatic rings. The van der Waals surface area contributed by atoms with Gasteiger partial charge in [0.2, 0.25) is 0 Å². The van der Waals surface area contributed by atoms with Gasteiger partial charge in [0.1, 0.15) is 5.70 Å². The number of piperazine rings is 1. The summed E-state index contributed by atoms with van der Waals surface area (Å²) in [5, 5.41) is 15.5. The van der Waals surface area contributed by atoms with Crippen LogP contribution in [0.15, 0.2) is 47.5 Å². The van der Waals surface area contributed by atoms with Crippen molar-refractivity contribution >= 4 is 34.9 Å². The van der Waals surface area contributed by atoms with Gasteiger partial charge in [0.15, 0.2) is 0 Å². The van der Waals surface area contributed by atoms with E-state index in [1.807, 2.05) is 0 Å². The number of hydrogen-bond acceptors (Lipinski definition) is 5.